The Morgan fingerprint density at radius 3 is 2.34 bits per heavy atom. The van der Waals surface area contributed by atoms with Gasteiger partial charge in [-0.15, -0.1) is 0 Å². The van der Waals surface area contributed by atoms with Crippen molar-refractivity contribution in [2.45, 2.75) is 5.92 Å². The standard InChI is InChI=1S/C20H15N5O4/c26-16(11-25-19(27)14-3-1-2-4-15(14)20(25)28)24-9-13(10-24)18-22-17(23-29-18)12-5-7-21-8-6-12/h1-8,13H,9-11H2. The lowest BCUT2D eigenvalue weighted by molar-refractivity contribution is -0.136. The zero-order valence-electron chi connectivity index (χ0n) is 15.2. The molecule has 9 heteroatoms. The van der Waals surface area contributed by atoms with Crippen molar-refractivity contribution in [1.82, 2.24) is 24.9 Å². The Morgan fingerprint density at radius 1 is 1.03 bits per heavy atom. The summed E-state index contributed by atoms with van der Waals surface area (Å²) in [7, 11) is 0. The van der Waals surface area contributed by atoms with Crippen LogP contribution >= 0.6 is 0 Å². The molecule has 0 radical (unpaired) electrons. The fourth-order valence-electron chi connectivity index (χ4n) is 3.48. The van der Waals surface area contributed by atoms with Crippen LogP contribution in [0.3, 0.4) is 0 Å². The van der Waals surface area contributed by atoms with Crippen LogP contribution in [0.15, 0.2) is 53.3 Å². The first-order valence-electron chi connectivity index (χ1n) is 9.09. The molecule has 2 aromatic heterocycles. The third-order valence-corrected chi connectivity index (χ3v) is 5.14. The SMILES string of the molecule is O=C(CN1C(=O)c2ccccc2C1=O)N1CC(c2nc(-c3ccncc3)no2)C1. The third kappa shape index (κ3) is 2.87. The quantitative estimate of drug-likeness (QED) is 0.620. The molecule has 0 unspecified atom stereocenters. The van der Waals surface area contributed by atoms with E-state index in [1.807, 2.05) is 0 Å². The van der Waals surface area contributed by atoms with Gasteiger partial charge in [-0.2, -0.15) is 4.98 Å². The van der Waals surface area contributed by atoms with Crippen LogP contribution < -0.4 is 0 Å². The van der Waals surface area contributed by atoms with E-state index in [2.05, 4.69) is 15.1 Å². The number of rotatable bonds is 4. The highest BCUT2D eigenvalue weighted by Crippen LogP contribution is 2.28. The van der Waals surface area contributed by atoms with Crippen LogP contribution in [0.2, 0.25) is 0 Å². The minimum atomic E-state index is -0.435. The molecule has 3 aromatic rings. The number of hydrogen-bond donors (Lipinski definition) is 0. The van der Waals surface area contributed by atoms with Crippen LogP contribution in [0.4, 0.5) is 0 Å². The number of amides is 3. The van der Waals surface area contributed by atoms with Crippen molar-refractivity contribution in [3.8, 4) is 11.4 Å². The van der Waals surface area contributed by atoms with Crippen molar-refractivity contribution in [3.05, 3.63) is 65.8 Å². The summed E-state index contributed by atoms with van der Waals surface area (Å²) in [6, 6.07) is 10.1. The fraction of sp³-hybridized carbons (Fsp3) is 0.200. The van der Waals surface area contributed by atoms with Crippen LogP contribution in [0.5, 0.6) is 0 Å². The van der Waals surface area contributed by atoms with E-state index in [9.17, 15) is 14.4 Å². The van der Waals surface area contributed by atoms with Crippen molar-refractivity contribution < 1.29 is 18.9 Å². The number of benzene rings is 1. The molecule has 29 heavy (non-hydrogen) atoms. The molecule has 1 saturated heterocycles. The molecule has 1 aromatic carbocycles. The minimum absolute atomic E-state index is 0.0655. The Kier molecular flexibility index (Phi) is 3.94. The summed E-state index contributed by atoms with van der Waals surface area (Å²) in [5.74, 6) is -0.293. The Bertz CT molecular complexity index is 1090. The molecule has 2 aliphatic rings. The topological polar surface area (TPSA) is 110 Å². The van der Waals surface area contributed by atoms with Crippen molar-refractivity contribution >= 4 is 17.7 Å². The van der Waals surface area contributed by atoms with Gasteiger partial charge in [-0.1, -0.05) is 17.3 Å². The smallest absolute Gasteiger partial charge is 0.262 e. The molecule has 2 aliphatic heterocycles. The second-order valence-electron chi connectivity index (χ2n) is 6.93. The van der Waals surface area contributed by atoms with Crippen LogP contribution in [0.1, 0.15) is 32.5 Å². The van der Waals surface area contributed by atoms with Gasteiger partial charge in [0.2, 0.25) is 17.6 Å². The van der Waals surface area contributed by atoms with Crippen molar-refractivity contribution in [2.24, 2.45) is 0 Å². The zero-order valence-corrected chi connectivity index (χ0v) is 15.2. The molecule has 1 fully saturated rings. The van der Waals surface area contributed by atoms with Gasteiger partial charge in [-0.05, 0) is 24.3 Å². The number of carbonyl (C=O) groups excluding carboxylic acids is 3. The first-order chi connectivity index (χ1) is 14.1. The second kappa shape index (κ2) is 6.62. The molecule has 0 bridgehead atoms. The molecule has 0 aliphatic carbocycles. The van der Waals surface area contributed by atoms with Gasteiger partial charge in [0.15, 0.2) is 0 Å². The molecule has 0 spiro atoms. The molecular formula is C20H15N5O4. The number of fused-ring (bicyclic) bond motifs is 1. The summed E-state index contributed by atoms with van der Waals surface area (Å²) in [5, 5.41) is 3.97. The van der Waals surface area contributed by atoms with Gasteiger partial charge in [0, 0.05) is 31.0 Å². The molecule has 3 amide bonds. The first kappa shape index (κ1) is 17.2. The maximum atomic E-state index is 12.5. The highest BCUT2D eigenvalue weighted by atomic mass is 16.5. The predicted octanol–water partition coefficient (Wildman–Crippen LogP) is 1.35. The number of carbonyl (C=O) groups is 3. The van der Waals surface area contributed by atoms with Crippen molar-refractivity contribution in [3.63, 3.8) is 0 Å². The largest absolute Gasteiger partial charge is 0.339 e. The summed E-state index contributed by atoms with van der Waals surface area (Å²) in [6.45, 7) is 0.533. The van der Waals surface area contributed by atoms with Gasteiger partial charge >= 0.3 is 0 Å². The summed E-state index contributed by atoms with van der Waals surface area (Å²) in [5.41, 5.74) is 1.47. The zero-order chi connectivity index (χ0) is 20.0. The Balaban J connectivity index is 1.21. The van der Waals surface area contributed by atoms with Crippen molar-refractivity contribution in [2.75, 3.05) is 19.6 Å². The number of imide groups is 1. The fourth-order valence-corrected chi connectivity index (χ4v) is 3.48. The highest BCUT2D eigenvalue weighted by Gasteiger charge is 2.40. The summed E-state index contributed by atoms with van der Waals surface area (Å²) < 4.78 is 5.32. The summed E-state index contributed by atoms with van der Waals surface area (Å²) >= 11 is 0. The van der Waals surface area contributed by atoms with Crippen LogP contribution in [-0.4, -0.2) is 62.3 Å². The normalized spacial score (nSPS) is 16.1. The van der Waals surface area contributed by atoms with Gasteiger partial charge in [0.05, 0.1) is 17.0 Å². The number of aromatic nitrogens is 3. The third-order valence-electron chi connectivity index (χ3n) is 5.14. The van der Waals surface area contributed by atoms with Crippen molar-refractivity contribution in [1.29, 1.82) is 0 Å². The Morgan fingerprint density at radius 2 is 1.69 bits per heavy atom. The van der Waals surface area contributed by atoms with E-state index >= 15 is 0 Å². The molecule has 144 valence electrons. The molecule has 4 heterocycles. The highest BCUT2D eigenvalue weighted by molar-refractivity contribution is 6.22. The van der Waals surface area contributed by atoms with E-state index in [1.54, 1.807) is 53.7 Å². The molecule has 0 atom stereocenters. The molecular weight excluding hydrogens is 374 g/mol. The van der Waals surface area contributed by atoms with Gasteiger partial charge in [0.25, 0.3) is 11.8 Å². The Labute approximate surface area is 164 Å². The van der Waals surface area contributed by atoms with E-state index in [4.69, 9.17) is 4.52 Å². The van der Waals surface area contributed by atoms with E-state index in [0.717, 1.165) is 10.5 Å². The van der Waals surface area contributed by atoms with Crippen LogP contribution in [0, 0.1) is 0 Å². The van der Waals surface area contributed by atoms with Crippen LogP contribution in [-0.2, 0) is 4.79 Å². The lowest BCUT2D eigenvalue weighted by Crippen LogP contribution is -2.52. The molecule has 0 N–H and O–H groups in total. The summed E-state index contributed by atoms with van der Waals surface area (Å²) in [4.78, 5) is 48.2. The average Bonchev–Trinajstić information content (AvgIpc) is 3.28. The van der Waals surface area contributed by atoms with Gasteiger partial charge in [-0.3, -0.25) is 24.3 Å². The number of nitrogens with zero attached hydrogens (tertiary/aromatic N) is 5. The number of hydrogen-bond acceptors (Lipinski definition) is 7. The minimum Gasteiger partial charge on any atom is -0.339 e. The molecule has 5 rings (SSSR count). The monoisotopic (exact) mass is 389 g/mol. The van der Waals surface area contributed by atoms with Crippen LogP contribution in [0.25, 0.3) is 11.4 Å². The Hall–Kier alpha value is -3.88. The van der Waals surface area contributed by atoms with E-state index in [-0.39, 0.29) is 18.4 Å². The summed E-state index contributed by atoms with van der Waals surface area (Å²) in [6.07, 6.45) is 3.29. The predicted molar refractivity (Wildman–Crippen MR) is 98.7 cm³/mol. The molecule has 0 saturated carbocycles. The van der Waals surface area contributed by atoms with E-state index in [1.165, 1.54) is 0 Å². The maximum Gasteiger partial charge on any atom is 0.262 e. The number of pyridine rings is 1. The molecule has 9 nitrogen and oxygen atoms in total. The lowest BCUT2D eigenvalue weighted by atomic mass is 10.00. The second-order valence-corrected chi connectivity index (χ2v) is 6.93. The van der Waals surface area contributed by atoms with Gasteiger partial charge in [0.1, 0.15) is 6.54 Å². The van der Waals surface area contributed by atoms with Gasteiger partial charge in [-0.25, -0.2) is 0 Å². The van der Waals surface area contributed by atoms with E-state index in [0.29, 0.717) is 35.9 Å². The van der Waals surface area contributed by atoms with Gasteiger partial charge < -0.3 is 9.42 Å². The maximum absolute atomic E-state index is 12.5. The van der Waals surface area contributed by atoms with E-state index < -0.39 is 11.8 Å². The number of likely N-dealkylation sites (tertiary alicyclic amines) is 1. The first-order valence-corrected chi connectivity index (χ1v) is 9.09. The lowest BCUT2D eigenvalue weighted by Gasteiger charge is -2.37. The average molecular weight is 389 g/mol.